The molecule has 0 saturated carbocycles. The van der Waals surface area contributed by atoms with Crippen LogP contribution < -0.4 is 26.0 Å². The number of unbranched alkanes of at least 4 members (excludes halogenated alkanes) is 5. The molecule has 4 N–H and O–H groups in total. The summed E-state index contributed by atoms with van der Waals surface area (Å²) in [5.74, 6) is -2.83. The summed E-state index contributed by atoms with van der Waals surface area (Å²) in [5.41, 5.74) is 2.39. The zero-order chi connectivity index (χ0) is 47.6. The van der Waals surface area contributed by atoms with Crippen molar-refractivity contribution in [1.29, 1.82) is 0 Å². The average Bonchev–Trinajstić information content (AvgIpc) is 3.89. The van der Waals surface area contributed by atoms with Gasteiger partial charge in [-0.1, -0.05) is 61.1 Å². The first-order valence-corrected chi connectivity index (χ1v) is 23.3. The predicted octanol–water partition coefficient (Wildman–Crippen LogP) is 7.09. The molecule has 8 rings (SSSR count). The molecule has 6 amide bonds. The van der Waals surface area contributed by atoms with Crippen LogP contribution in [0, 0.1) is 5.82 Å². The van der Waals surface area contributed by atoms with Crippen LogP contribution in [-0.4, -0.2) is 95.9 Å². The van der Waals surface area contributed by atoms with Crippen molar-refractivity contribution in [2.45, 2.75) is 96.2 Å². The molecular formula is C48H51ClFN11O7. The number of fused-ring (bicyclic) bond motifs is 2. The van der Waals surface area contributed by atoms with Crippen LogP contribution in [0.3, 0.4) is 0 Å². The average molecular weight is 948 g/mol. The van der Waals surface area contributed by atoms with Crippen molar-refractivity contribution in [3.8, 4) is 5.75 Å². The molecule has 1 atom stereocenters. The van der Waals surface area contributed by atoms with Gasteiger partial charge in [-0.25, -0.2) is 14.4 Å². The first-order valence-electron chi connectivity index (χ1n) is 22.9. The number of piperidine rings is 2. The number of hydrogen-bond donors (Lipinski definition) is 4. The molecule has 5 aromatic rings. The number of likely N-dealkylation sites (tertiary alicyclic amines) is 1. The maximum atomic E-state index is 13.9. The van der Waals surface area contributed by atoms with Crippen LogP contribution in [-0.2, 0) is 32.3 Å². The highest BCUT2D eigenvalue weighted by atomic mass is 35.5. The van der Waals surface area contributed by atoms with E-state index < -0.39 is 35.5 Å². The quantitative estimate of drug-likeness (QED) is 0.0348. The molecule has 0 spiro atoms. The monoisotopic (exact) mass is 947 g/mol. The first kappa shape index (κ1) is 47.4. The maximum Gasteiger partial charge on any atom is 0.264 e. The Hall–Kier alpha value is -7.12. The van der Waals surface area contributed by atoms with E-state index in [1.54, 1.807) is 35.0 Å². The van der Waals surface area contributed by atoms with Crippen molar-refractivity contribution < 1.29 is 37.9 Å². The fraction of sp³-hybridized carbons (Fsp3) is 0.375. The number of carbonyl (C=O) groups excluding carboxylic acids is 6. The molecule has 3 aromatic carbocycles. The zero-order valence-corrected chi connectivity index (χ0v) is 38.0. The summed E-state index contributed by atoms with van der Waals surface area (Å²) in [6, 6.07) is 11.2. The number of imide groups is 2. The van der Waals surface area contributed by atoms with Gasteiger partial charge in [-0.2, -0.15) is 0 Å². The molecule has 2 saturated heterocycles. The van der Waals surface area contributed by atoms with Gasteiger partial charge in [0.2, 0.25) is 23.6 Å². The number of nitrogens with zero attached hydrogens (tertiary/aromatic N) is 7. The Morgan fingerprint density at radius 2 is 1.72 bits per heavy atom. The van der Waals surface area contributed by atoms with E-state index >= 15 is 0 Å². The highest BCUT2D eigenvalue weighted by molar-refractivity contribution is 6.31. The second-order valence-corrected chi connectivity index (χ2v) is 17.4. The van der Waals surface area contributed by atoms with Gasteiger partial charge in [0, 0.05) is 49.1 Å². The van der Waals surface area contributed by atoms with Gasteiger partial charge >= 0.3 is 0 Å². The van der Waals surface area contributed by atoms with Gasteiger partial charge in [0.1, 0.15) is 42.1 Å². The van der Waals surface area contributed by atoms with Crippen LogP contribution in [0.25, 0.3) is 10.9 Å². The summed E-state index contributed by atoms with van der Waals surface area (Å²) >= 11 is 6.03. The number of ether oxygens (including phenoxy) is 1. The lowest BCUT2D eigenvalue weighted by atomic mass is 10.0. The molecule has 0 radical (unpaired) electrons. The van der Waals surface area contributed by atoms with Crippen molar-refractivity contribution in [2.75, 3.05) is 35.6 Å². The Morgan fingerprint density at radius 3 is 2.53 bits per heavy atom. The van der Waals surface area contributed by atoms with E-state index in [9.17, 15) is 33.2 Å². The molecule has 18 nitrogen and oxygen atoms in total. The normalized spacial score (nSPS) is 16.3. The van der Waals surface area contributed by atoms with Crippen LogP contribution in [0.4, 0.5) is 27.3 Å². The Morgan fingerprint density at radius 1 is 0.912 bits per heavy atom. The number of nitrogens with one attached hydrogen (secondary N) is 4. The number of aryl methyl sites for hydroxylation is 1. The number of amides is 6. The fourth-order valence-electron chi connectivity index (χ4n) is 8.50. The highest BCUT2D eigenvalue weighted by Crippen LogP contribution is 2.35. The van der Waals surface area contributed by atoms with E-state index in [0.717, 1.165) is 62.9 Å². The minimum absolute atomic E-state index is 0.0165. The van der Waals surface area contributed by atoms with Crippen molar-refractivity contribution in [1.82, 2.24) is 40.1 Å². The van der Waals surface area contributed by atoms with Crippen LogP contribution in [0.1, 0.15) is 103 Å². The fourth-order valence-corrected chi connectivity index (χ4v) is 8.68. The standard InChI is InChI=1S/C48H51ClFN11O7/c49-34-24-30(16-17-35(34)50)53-45-33-25-38(55-42(63)15-11-22-59-20-7-5-8-21-59)40(26-37(33)51-29-52-45)68-28-31-27-60(58-57-31)23-9-4-2-1-3-6-14-41(62)54-36-13-10-12-32-44(36)48(67)61(47(32)66)39-18-19-43(64)56-46(39)65/h10-13,15-17,24-27,29,39H,1-9,14,18-23,28H2,(H,54,62)(H,55,63)(H,51,52,53)(H,56,64,65)/b15-11+. The van der Waals surface area contributed by atoms with E-state index in [4.69, 9.17) is 16.3 Å². The number of anilines is 4. The Labute approximate surface area is 396 Å². The number of aromatic nitrogens is 5. The molecule has 3 aliphatic rings. The highest BCUT2D eigenvalue weighted by Gasteiger charge is 2.45. The molecule has 0 bridgehead atoms. The summed E-state index contributed by atoms with van der Waals surface area (Å²) < 4.78 is 21.9. The van der Waals surface area contributed by atoms with Gasteiger partial charge in [0.05, 0.1) is 39.2 Å². The molecule has 5 heterocycles. The van der Waals surface area contributed by atoms with Crippen molar-refractivity contribution in [3.63, 3.8) is 0 Å². The summed E-state index contributed by atoms with van der Waals surface area (Å²) in [7, 11) is 0. The van der Waals surface area contributed by atoms with Gasteiger partial charge in [-0.3, -0.25) is 48.6 Å². The summed E-state index contributed by atoms with van der Waals surface area (Å²) in [5, 5.41) is 20.2. The van der Waals surface area contributed by atoms with Crippen molar-refractivity contribution in [2.24, 2.45) is 0 Å². The van der Waals surface area contributed by atoms with Crippen LogP contribution in [0.2, 0.25) is 5.02 Å². The van der Waals surface area contributed by atoms with Gasteiger partial charge in [0.25, 0.3) is 11.8 Å². The SMILES string of the molecule is O=C(/C=C/CN1CCCCC1)Nc1cc2c(Nc3ccc(F)c(Cl)c3)ncnc2cc1OCc1cn(CCCCCCCCC(=O)Nc2cccc3c2C(=O)N(C2CCC(=O)NC2=O)C3=O)nn1. The maximum absolute atomic E-state index is 13.9. The third-order valence-corrected chi connectivity index (χ3v) is 12.3. The molecule has 20 heteroatoms. The topological polar surface area (TPSA) is 223 Å². The van der Waals surface area contributed by atoms with Crippen molar-refractivity contribution >= 4 is 80.8 Å². The minimum Gasteiger partial charge on any atom is -0.485 e. The lowest BCUT2D eigenvalue weighted by Gasteiger charge is -2.27. The summed E-state index contributed by atoms with van der Waals surface area (Å²) in [4.78, 5) is 88.6. The third-order valence-electron chi connectivity index (χ3n) is 12.0. The summed E-state index contributed by atoms with van der Waals surface area (Å²) in [6.45, 7) is 3.41. The van der Waals surface area contributed by atoms with Crippen LogP contribution in [0.15, 0.2) is 73.2 Å². The van der Waals surface area contributed by atoms with Gasteiger partial charge in [-0.05, 0) is 81.6 Å². The molecule has 0 aliphatic carbocycles. The second kappa shape index (κ2) is 22.1. The predicted molar refractivity (Wildman–Crippen MR) is 251 cm³/mol. The van der Waals surface area contributed by atoms with E-state index in [-0.39, 0.29) is 59.5 Å². The molecule has 2 fully saturated rings. The second-order valence-electron chi connectivity index (χ2n) is 17.0. The Kier molecular flexibility index (Phi) is 15.4. The van der Waals surface area contributed by atoms with Crippen LogP contribution in [0.5, 0.6) is 5.75 Å². The van der Waals surface area contributed by atoms with Crippen LogP contribution >= 0.6 is 11.6 Å². The lowest BCUT2D eigenvalue weighted by molar-refractivity contribution is -0.136. The molecule has 1 unspecified atom stereocenters. The zero-order valence-electron chi connectivity index (χ0n) is 37.3. The molecule has 68 heavy (non-hydrogen) atoms. The van der Waals surface area contributed by atoms with Gasteiger partial charge < -0.3 is 20.7 Å². The lowest BCUT2D eigenvalue weighted by Crippen LogP contribution is -2.54. The smallest absolute Gasteiger partial charge is 0.264 e. The number of rotatable bonds is 20. The third kappa shape index (κ3) is 11.7. The van der Waals surface area contributed by atoms with E-state index in [0.29, 0.717) is 59.0 Å². The minimum atomic E-state index is -1.09. The first-order chi connectivity index (χ1) is 33.0. The Balaban J connectivity index is 0.795. The molecule has 2 aromatic heterocycles. The number of benzene rings is 3. The number of halogens is 2. The van der Waals surface area contributed by atoms with E-state index in [2.05, 4.69) is 46.4 Å². The Bertz CT molecular complexity index is 2760. The molecule has 354 valence electrons. The molecular weight excluding hydrogens is 897 g/mol. The van der Waals surface area contributed by atoms with Gasteiger partial charge in [0.15, 0.2) is 0 Å². The number of carbonyl (C=O) groups is 6. The van der Waals surface area contributed by atoms with Crippen molar-refractivity contribution in [3.05, 3.63) is 101 Å². The largest absolute Gasteiger partial charge is 0.485 e. The molecule has 3 aliphatic heterocycles. The van der Waals surface area contributed by atoms with E-state index in [1.165, 1.54) is 37.0 Å². The van der Waals surface area contributed by atoms with Gasteiger partial charge in [-0.15, -0.1) is 5.10 Å². The van der Waals surface area contributed by atoms with E-state index in [1.807, 2.05) is 12.3 Å². The number of hydrogen-bond acceptors (Lipinski definition) is 13. The summed E-state index contributed by atoms with van der Waals surface area (Å²) in [6.07, 6.45) is 15.5.